The Morgan fingerprint density at radius 1 is 1.71 bits per heavy atom. The maximum Gasteiger partial charge on any atom is 1.00 e. The van der Waals surface area contributed by atoms with Gasteiger partial charge in [0.15, 0.2) is 0 Å². The van der Waals surface area contributed by atoms with Crippen molar-refractivity contribution in [1.82, 2.24) is 4.90 Å². The van der Waals surface area contributed by atoms with E-state index in [1.165, 1.54) is 4.90 Å². The van der Waals surface area contributed by atoms with Crippen LogP contribution in [-0.2, 0) is 9.53 Å². The molecule has 2 heterocycles. The SMILES string of the molecule is O=C([O-])OC1=CCS[C@@H]2CC(=O)N12.[Na+]. The van der Waals surface area contributed by atoms with Gasteiger partial charge in [-0.25, -0.2) is 0 Å². The van der Waals surface area contributed by atoms with Gasteiger partial charge in [0.2, 0.25) is 5.91 Å². The van der Waals surface area contributed by atoms with Gasteiger partial charge in [-0.3, -0.25) is 9.69 Å². The minimum atomic E-state index is -1.63. The molecule has 0 unspecified atom stereocenters. The van der Waals surface area contributed by atoms with E-state index < -0.39 is 6.16 Å². The smallest absolute Gasteiger partial charge is 0.498 e. The van der Waals surface area contributed by atoms with Crippen LogP contribution in [0.2, 0.25) is 0 Å². The summed E-state index contributed by atoms with van der Waals surface area (Å²) in [5, 5.41) is 10.2. The Morgan fingerprint density at radius 2 is 2.43 bits per heavy atom. The summed E-state index contributed by atoms with van der Waals surface area (Å²) < 4.78 is 4.35. The molecule has 0 aromatic heterocycles. The topological polar surface area (TPSA) is 69.7 Å². The Hall–Kier alpha value is -0.170. The monoisotopic (exact) mass is 223 g/mol. The molecule has 0 saturated carbocycles. The summed E-state index contributed by atoms with van der Waals surface area (Å²) >= 11 is 1.58. The zero-order valence-corrected chi connectivity index (χ0v) is 10.4. The molecule has 0 aromatic carbocycles. The van der Waals surface area contributed by atoms with Crippen molar-refractivity contribution in [2.24, 2.45) is 0 Å². The maximum absolute atomic E-state index is 11.0. The van der Waals surface area contributed by atoms with Gasteiger partial charge in [-0.05, 0) is 6.08 Å². The second-order valence-electron chi connectivity index (χ2n) is 2.65. The molecule has 0 spiro atoms. The van der Waals surface area contributed by atoms with Crippen molar-refractivity contribution >= 4 is 23.8 Å². The zero-order chi connectivity index (χ0) is 9.42. The number of nitrogens with zero attached hydrogens (tertiary/aromatic N) is 1. The predicted molar refractivity (Wildman–Crippen MR) is 42.3 cm³/mol. The van der Waals surface area contributed by atoms with Gasteiger partial charge in [-0.1, -0.05) is 0 Å². The van der Waals surface area contributed by atoms with Crippen molar-refractivity contribution in [3.63, 3.8) is 0 Å². The van der Waals surface area contributed by atoms with Crippen LogP contribution in [0, 0.1) is 0 Å². The molecule has 0 radical (unpaired) electrons. The molecule has 2 rings (SSSR count). The van der Waals surface area contributed by atoms with Crippen molar-refractivity contribution in [3.8, 4) is 0 Å². The van der Waals surface area contributed by atoms with E-state index in [-0.39, 0.29) is 46.7 Å². The third-order valence-electron chi connectivity index (χ3n) is 1.88. The molecular formula is C7H6NNaO4S. The molecular weight excluding hydrogens is 217 g/mol. The standard InChI is InChI=1S/C7H7NO4S.Na/c9-4-3-6-8(4)5(1-2-13-6)12-7(10)11;/h1,6H,2-3H2,(H,10,11);/q;+1/p-1/t6-;/m1./s1. The van der Waals surface area contributed by atoms with E-state index in [0.29, 0.717) is 12.2 Å². The van der Waals surface area contributed by atoms with Crippen LogP contribution >= 0.6 is 11.8 Å². The first kappa shape index (κ1) is 11.9. The summed E-state index contributed by atoms with van der Waals surface area (Å²) in [4.78, 5) is 22.5. The Morgan fingerprint density at radius 3 is 3.00 bits per heavy atom. The number of ether oxygens (including phenoxy) is 1. The van der Waals surface area contributed by atoms with Gasteiger partial charge in [-0.2, -0.15) is 0 Å². The van der Waals surface area contributed by atoms with Crippen LogP contribution in [0.25, 0.3) is 0 Å². The van der Waals surface area contributed by atoms with Crippen molar-refractivity contribution in [2.75, 3.05) is 5.75 Å². The van der Waals surface area contributed by atoms with Gasteiger partial charge in [0, 0.05) is 5.75 Å². The summed E-state index contributed by atoms with van der Waals surface area (Å²) in [6.07, 6.45) is 0.392. The predicted octanol–water partition coefficient (Wildman–Crippen LogP) is -3.50. The molecule has 70 valence electrons. The number of amides is 1. The fourth-order valence-corrected chi connectivity index (χ4v) is 2.38. The summed E-state index contributed by atoms with van der Waals surface area (Å²) in [5.74, 6) is 0.654. The molecule has 0 aromatic rings. The molecule has 2 aliphatic rings. The fraction of sp³-hybridized carbons (Fsp3) is 0.429. The zero-order valence-electron chi connectivity index (χ0n) is 7.56. The molecule has 1 amide bonds. The summed E-state index contributed by atoms with van der Waals surface area (Å²) in [6.45, 7) is 0. The second kappa shape index (κ2) is 4.57. The van der Waals surface area contributed by atoms with Crippen LogP contribution in [0.4, 0.5) is 4.79 Å². The van der Waals surface area contributed by atoms with Crippen LogP contribution in [0.1, 0.15) is 6.42 Å². The Balaban J connectivity index is 0.000000980. The van der Waals surface area contributed by atoms with Crippen molar-refractivity contribution in [2.45, 2.75) is 11.8 Å². The van der Waals surface area contributed by atoms with Crippen LogP contribution in [0.15, 0.2) is 12.0 Å². The third-order valence-corrected chi connectivity index (χ3v) is 3.00. The van der Waals surface area contributed by atoms with Gasteiger partial charge in [0.25, 0.3) is 6.16 Å². The molecule has 14 heavy (non-hydrogen) atoms. The molecule has 2 aliphatic heterocycles. The quantitative estimate of drug-likeness (QED) is 0.262. The van der Waals surface area contributed by atoms with E-state index in [2.05, 4.69) is 4.74 Å². The molecule has 5 nitrogen and oxygen atoms in total. The Labute approximate surface area is 107 Å². The van der Waals surface area contributed by atoms with Crippen LogP contribution in [-0.4, -0.2) is 28.1 Å². The fourth-order valence-electron chi connectivity index (χ4n) is 1.29. The summed E-state index contributed by atoms with van der Waals surface area (Å²) in [7, 11) is 0. The molecule has 1 saturated heterocycles. The Kier molecular flexibility index (Phi) is 3.88. The molecule has 1 atom stereocenters. The first-order valence-corrected chi connectivity index (χ1v) is 4.76. The van der Waals surface area contributed by atoms with E-state index in [9.17, 15) is 14.7 Å². The third kappa shape index (κ3) is 2.08. The van der Waals surface area contributed by atoms with Gasteiger partial charge in [0.1, 0.15) is 5.88 Å². The second-order valence-corrected chi connectivity index (χ2v) is 3.86. The number of β-lactam (4-membered cyclic amide) rings is 1. The number of hydrogen-bond donors (Lipinski definition) is 0. The summed E-state index contributed by atoms with van der Waals surface area (Å²) in [6, 6.07) is 0. The molecule has 0 aliphatic carbocycles. The Bertz CT molecular complexity index is 306. The largest absolute Gasteiger partial charge is 1.00 e. The van der Waals surface area contributed by atoms with Gasteiger partial charge in [-0.15, -0.1) is 11.8 Å². The number of carbonyl (C=O) groups is 2. The molecule has 0 N–H and O–H groups in total. The van der Waals surface area contributed by atoms with E-state index >= 15 is 0 Å². The average molecular weight is 223 g/mol. The molecule has 1 fully saturated rings. The average Bonchev–Trinajstić information content (AvgIpc) is 2.00. The number of rotatable bonds is 1. The van der Waals surface area contributed by atoms with Crippen LogP contribution in [0.3, 0.4) is 0 Å². The van der Waals surface area contributed by atoms with Gasteiger partial charge >= 0.3 is 29.6 Å². The van der Waals surface area contributed by atoms with Crippen molar-refractivity contribution in [3.05, 3.63) is 12.0 Å². The molecule has 7 heteroatoms. The normalized spacial score (nSPS) is 24.0. The van der Waals surface area contributed by atoms with Gasteiger partial charge < -0.3 is 14.6 Å². The number of hydrogen-bond acceptors (Lipinski definition) is 5. The first-order valence-electron chi connectivity index (χ1n) is 3.71. The maximum atomic E-state index is 11.0. The van der Waals surface area contributed by atoms with Crippen molar-refractivity contribution in [1.29, 1.82) is 0 Å². The van der Waals surface area contributed by atoms with Crippen molar-refractivity contribution < 1.29 is 49.0 Å². The van der Waals surface area contributed by atoms with E-state index in [0.717, 1.165) is 0 Å². The van der Waals surface area contributed by atoms with Crippen LogP contribution < -0.4 is 34.7 Å². The summed E-state index contributed by atoms with van der Waals surface area (Å²) in [5.41, 5.74) is 0. The molecule has 0 bridgehead atoms. The first-order chi connectivity index (χ1) is 6.18. The number of carbonyl (C=O) groups excluding carboxylic acids is 2. The van der Waals surface area contributed by atoms with Gasteiger partial charge in [0.05, 0.1) is 11.8 Å². The van der Waals surface area contributed by atoms with E-state index in [4.69, 9.17) is 0 Å². The van der Waals surface area contributed by atoms with E-state index in [1.807, 2.05) is 0 Å². The minimum Gasteiger partial charge on any atom is -0.498 e. The van der Waals surface area contributed by atoms with Crippen LogP contribution in [0.5, 0.6) is 0 Å². The number of carboxylic acid groups (broad SMARTS) is 1. The number of fused-ring (bicyclic) bond motifs is 1. The number of thioether (sulfide) groups is 1. The minimum absolute atomic E-state index is 0. The van der Waals surface area contributed by atoms with E-state index in [1.54, 1.807) is 17.8 Å².